The normalized spacial score (nSPS) is 12.3. The fraction of sp³-hybridized carbons (Fsp3) is 0.294. The molecule has 0 aliphatic rings. The number of furan rings is 1. The van der Waals surface area contributed by atoms with Crippen LogP contribution in [0.2, 0.25) is 5.02 Å². The first-order chi connectivity index (χ1) is 11.5. The molecule has 0 aliphatic heterocycles. The highest BCUT2D eigenvalue weighted by Gasteiger charge is 2.11. The van der Waals surface area contributed by atoms with Crippen LogP contribution in [0.4, 0.5) is 5.69 Å². The Bertz CT molecular complexity index is 742. The van der Waals surface area contributed by atoms with Gasteiger partial charge in [-0.2, -0.15) is 0 Å². The van der Waals surface area contributed by atoms with E-state index in [1.807, 2.05) is 45.2 Å². The van der Waals surface area contributed by atoms with Crippen molar-refractivity contribution in [1.29, 1.82) is 0 Å². The maximum atomic E-state index is 6.21. The van der Waals surface area contributed by atoms with Gasteiger partial charge in [0.25, 0.3) is 0 Å². The van der Waals surface area contributed by atoms with Crippen LogP contribution in [0.1, 0.15) is 30.7 Å². The maximum Gasteiger partial charge on any atom is 0.122 e. The topological polar surface area (TPSA) is 47.1 Å². The lowest BCUT2D eigenvalue weighted by atomic mass is 10.2. The van der Waals surface area contributed by atoms with Gasteiger partial charge in [-0.05, 0) is 62.1 Å². The molecule has 0 amide bonds. The molecule has 0 aliphatic carbocycles. The van der Waals surface area contributed by atoms with Crippen LogP contribution >= 0.6 is 33.2 Å². The van der Waals surface area contributed by atoms with Gasteiger partial charge >= 0.3 is 0 Å². The largest absolute Gasteiger partial charge is 0.469 e. The Hall–Kier alpha value is -1.37. The number of aliphatic imine (C=N–C) groups is 1. The van der Waals surface area contributed by atoms with Crippen molar-refractivity contribution in [3.8, 4) is 0 Å². The summed E-state index contributed by atoms with van der Waals surface area (Å²) in [4.78, 5) is 9.92. The molecule has 0 atom stereocenters. The quantitative estimate of drug-likeness (QED) is 0.262. The molecule has 0 saturated carbocycles. The van der Waals surface area contributed by atoms with Crippen LogP contribution in [0.5, 0.6) is 0 Å². The molecule has 2 aromatic rings. The van der Waals surface area contributed by atoms with Crippen LogP contribution < -0.4 is 0 Å². The number of nitrogens with zero attached hydrogens (tertiary/aromatic N) is 2. The standard InChI is InChI=1S/C17H19ClN2O2S2/c1-11(2)22-19-10-13-9-14(5-6-16(13)18)20-17(24-23-4)15-7-8-21-12(15)3/h5-11H,1-4H3. The lowest BCUT2D eigenvalue weighted by Crippen LogP contribution is -1.96. The van der Waals surface area contributed by atoms with Gasteiger partial charge in [0.15, 0.2) is 0 Å². The van der Waals surface area contributed by atoms with E-state index in [0.717, 1.165) is 27.6 Å². The predicted octanol–water partition coefficient (Wildman–Crippen LogP) is 6.09. The lowest BCUT2D eigenvalue weighted by Gasteiger charge is -2.05. The summed E-state index contributed by atoms with van der Waals surface area (Å²) >= 11 is 6.21. The molecule has 4 nitrogen and oxygen atoms in total. The van der Waals surface area contributed by atoms with Crippen molar-refractivity contribution >= 4 is 50.1 Å². The Labute approximate surface area is 155 Å². The number of benzene rings is 1. The second-order valence-corrected chi connectivity index (χ2v) is 7.95. The Balaban J connectivity index is 2.33. The Morgan fingerprint density at radius 1 is 1.33 bits per heavy atom. The molecule has 0 bridgehead atoms. The Kier molecular flexibility index (Phi) is 7.27. The van der Waals surface area contributed by atoms with Gasteiger partial charge in [0.1, 0.15) is 16.9 Å². The van der Waals surface area contributed by atoms with Crippen molar-refractivity contribution in [1.82, 2.24) is 0 Å². The van der Waals surface area contributed by atoms with Crippen LogP contribution in [0, 0.1) is 6.92 Å². The van der Waals surface area contributed by atoms with Gasteiger partial charge in [0.2, 0.25) is 0 Å². The number of halogens is 1. The van der Waals surface area contributed by atoms with E-state index in [-0.39, 0.29) is 6.10 Å². The summed E-state index contributed by atoms with van der Waals surface area (Å²) in [6.07, 6.45) is 5.31. The average molecular weight is 383 g/mol. The summed E-state index contributed by atoms with van der Waals surface area (Å²) in [5, 5.41) is 5.43. The van der Waals surface area contributed by atoms with Crippen LogP contribution in [0.15, 0.2) is 45.1 Å². The van der Waals surface area contributed by atoms with E-state index in [2.05, 4.69) is 5.16 Å². The van der Waals surface area contributed by atoms with Gasteiger partial charge in [-0.1, -0.05) is 27.6 Å². The third-order valence-electron chi connectivity index (χ3n) is 2.93. The molecule has 128 valence electrons. The summed E-state index contributed by atoms with van der Waals surface area (Å²) in [6.45, 7) is 5.76. The van der Waals surface area contributed by atoms with E-state index in [1.54, 1.807) is 40.1 Å². The third kappa shape index (κ3) is 5.33. The molecular weight excluding hydrogens is 364 g/mol. The molecule has 1 aromatic carbocycles. The number of oxime groups is 1. The zero-order valence-electron chi connectivity index (χ0n) is 13.9. The molecule has 0 unspecified atom stereocenters. The van der Waals surface area contributed by atoms with Crippen LogP contribution in [-0.2, 0) is 4.84 Å². The molecular formula is C17H19ClN2O2S2. The monoisotopic (exact) mass is 382 g/mol. The zero-order chi connectivity index (χ0) is 17.5. The Morgan fingerprint density at radius 3 is 2.75 bits per heavy atom. The van der Waals surface area contributed by atoms with Gasteiger partial charge in [-0.25, -0.2) is 4.99 Å². The van der Waals surface area contributed by atoms with Crippen molar-refractivity contribution < 1.29 is 9.25 Å². The molecule has 0 saturated heterocycles. The van der Waals surface area contributed by atoms with Crippen LogP contribution in [0.3, 0.4) is 0 Å². The highest BCUT2D eigenvalue weighted by molar-refractivity contribution is 8.82. The van der Waals surface area contributed by atoms with Crippen molar-refractivity contribution in [3.63, 3.8) is 0 Å². The van der Waals surface area contributed by atoms with Gasteiger partial charge < -0.3 is 9.25 Å². The van der Waals surface area contributed by atoms with Crippen molar-refractivity contribution in [2.45, 2.75) is 26.9 Å². The van der Waals surface area contributed by atoms with E-state index < -0.39 is 0 Å². The molecule has 0 N–H and O–H groups in total. The fourth-order valence-electron chi connectivity index (χ4n) is 1.84. The van der Waals surface area contributed by atoms with E-state index >= 15 is 0 Å². The first kappa shape index (κ1) is 19.0. The highest BCUT2D eigenvalue weighted by Crippen LogP contribution is 2.30. The third-order valence-corrected chi connectivity index (χ3v) is 4.88. The molecule has 0 radical (unpaired) electrons. The van der Waals surface area contributed by atoms with Gasteiger partial charge in [0, 0.05) is 16.1 Å². The van der Waals surface area contributed by atoms with Gasteiger partial charge in [-0.3, -0.25) is 0 Å². The van der Waals surface area contributed by atoms with Crippen molar-refractivity contribution in [2.75, 3.05) is 6.26 Å². The number of hydrogen-bond donors (Lipinski definition) is 0. The maximum absolute atomic E-state index is 6.21. The fourth-order valence-corrected chi connectivity index (χ4v) is 3.46. The second kappa shape index (κ2) is 9.20. The summed E-state index contributed by atoms with van der Waals surface area (Å²) in [7, 11) is 3.22. The van der Waals surface area contributed by atoms with E-state index in [4.69, 9.17) is 25.8 Å². The molecule has 24 heavy (non-hydrogen) atoms. The first-order valence-corrected chi connectivity index (χ1v) is 10.3. The molecule has 1 heterocycles. The minimum absolute atomic E-state index is 0.0230. The van der Waals surface area contributed by atoms with Crippen LogP contribution in [0.25, 0.3) is 0 Å². The smallest absolute Gasteiger partial charge is 0.122 e. The number of hydrogen-bond acceptors (Lipinski definition) is 6. The van der Waals surface area contributed by atoms with E-state index in [0.29, 0.717) is 5.02 Å². The molecule has 7 heteroatoms. The number of rotatable bonds is 6. The first-order valence-electron chi connectivity index (χ1n) is 7.33. The van der Waals surface area contributed by atoms with Crippen molar-refractivity contribution in [2.24, 2.45) is 10.1 Å². The zero-order valence-corrected chi connectivity index (χ0v) is 16.3. The van der Waals surface area contributed by atoms with E-state index in [9.17, 15) is 0 Å². The predicted molar refractivity (Wildman–Crippen MR) is 106 cm³/mol. The lowest BCUT2D eigenvalue weighted by molar-refractivity contribution is 0.0874. The second-order valence-electron chi connectivity index (χ2n) is 5.15. The molecule has 0 fully saturated rings. The SMILES string of the molecule is CSSC(=Nc1ccc(Cl)c(C=NOC(C)C)c1)c1ccoc1C. The van der Waals surface area contributed by atoms with Crippen molar-refractivity contribution in [3.05, 3.63) is 52.4 Å². The van der Waals surface area contributed by atoms with Gasteiger partial charge in [-0.15, -0.1) is 0 Å². The molecule has 1 aromatic heterocycles. The molecule has 2 rings (SSSR count). The van der Waals surface area contributed by atoms with Crippen LogP contribution in [-0.4, -0.2) is 23.6 Å². The van der Waals surface area contributed by atoms with Gasteiger partial charge in [0.05, 0.1) is 18.2 Å². The summed E-state index contributed by atoms with van der Waals surface area (Å²) in [5.74, 6) is 0.844. The summed E-state index contributed by atoms with van der Waals surface area (Å²) < 4.78 is 5.39. The minimum atomic E-state index is 0.0230. The molecule has 0 spiro atoms. The highest BCUT2D eigenvalue weighted by atomic mass is 35.5. The minimum Gasteiger partial charge on any atom is -0.469 e. The van der Waals surface area contributed by atoms with E-state index in [1.165, 1.54) is 0 Å². The Morgan fingerprint density at radius 2 is 2.12 bits per heavy atom. The summed E-state index contributed by atoms with van der Waals surface area (Å²) in [6, 6.07) is 7.48. The summed E-state index contributed by atoms with van der Waals surface area (Å²) in [5.41, 5.74) is 2.54. The average Bonchev–Trinajstić information content (AvgIpc) is 2.95. The number of aryl methyl sites for hydroxylation is 1.